The first-order valence-electron chi connectivity index (χ1n) is 5.89. The summed E-state index contributed by atoms with van der Waals surface area (Å²) in [4.78, 5) is 13.4. The van der Waals surface area contributed by atoms with Gasteiger partial charge in [0.25, 0.3) is 0 Å². The number of nitrogens with zero attached hydrogens (tertiary/aromatic N) is 1. The summed E-state index contributed by atoms with van der Waals surface area (Å²) < 4.78 is 18.2. The Hall–Kier alpha value is -1.36. The van der Waals surface area contributed by atoms with Gasteiger partial charge in [0, 0.05) is 6.54 Å². The summed E-state index contributed by atoms with van der Waals surface area (Å²) in [5.41, 5.74) is 0. The van der Waals surface area contributed by atoms with E-state index in [1.165, 1.54) is 0 Å². The van der Waals surface area contributed by atoms with E-state index in [4.69, 9.17) is 4.42 Å². The van der Waals surface area contributed by atoms with E-state index in [9.17, 15) is 9.18 Å². The fourth-order valence-electron chi connectivity index (χ4n) is 2.00. The molecule has 0 spiro atoms. The molecule has 1 aromatic rings. The smallest absolute Gasteiger partial charge is 0.234 e. The Balaban J connectivity index is 1.70. The van der Waals surface area contributed by atoms with Gasteiger partial charge in [0.2, 0.25) is 5.91 Å². The second-order valence-corrected chi connectivity index (χ2v) is 4.33. The van der Waals surface area contributed by atoms with E-state index >= 15 is 0 Å². The van der Waals surface area contributed by atoms with Crippen molar-refractivity contribution >= 4 is 5.91 Å². The van der Waals surface area contributed by atoms with Crippen molar-refractivity contribution in [3.8, 4) is 0 Å². The first-order chi connectivity index (χ1) is 8.24. The molecule has 1 aliphatic rings. The number of hydrogen-bond acceptors (Lipinski definition) is 3. The maximum absolute atomic E-state index is 13.1. The zero-order valence-electron chi connectivity index (χ0n) is 9.69. The molecule has 0 aromatic carbocycles. The zero-order valence-corrected chi connectivity index (χ0v) is 9.69. The Labute approximate surface area is 99.8 Å². The Morgan fingerprint density at radius 2 is 2.53 bits per heavy atom. The summed E-state index contributed by atoms with van der Waals surface area (Å²) in [7, 11) is 0. The Bertz CT molecular complexity index is 353. The first kappa shape index (κ1) is 12.1. The third-order valence-electron chi connectivity index (χ3n) is 2.86. The van der Waals surface area contributed by atoms with Gasteiger partial charge < -0.3 is 9.73 Å². The van der Waals surface area contributed by atoms with Crippen molar-refractivity contribution in [1.82, 2.24) is 10.2 Å². The maximum Gasteiger partial charge on any atom is 0.234 e. The molecule has 2 heterocycles. The fraction of sp³-hybridized carbons (Fsp3) is 0.583. The lowest BCUT2D eigenvalue weighted by Gasteiger charge is -2.28. The van der Waals surface area contributed by atoms with Gasteiger partial charge in [-0.25, -0.2) is 4.39 Å². The lowest BCUT2D eigenvalue weighted by atomic mass is 10.1. The maximum atomic E-state index is 13.1. The van der Waals surface area contributed by atoms with Gasteiger partial charge in [-0.05, 0) is 31.5 Å². The molecule has 1 amide bonds. The molecular formula is C12H17FN2O2. The molecule has 5 heteroatoms. The van der Waals surface area contributed by atoms with Crippen LogP contribution in [0.2, 0.25) is 0 Å². The summed E-state index contributed by atoms with van der Waals surface area (Å²) in [5.74, 6) is 0.635. The molecule has 0 radical (unpaired) electrons. The highest BCUT2D eigenvalue weighted by molar-refractivity contribution is 5.77. The molecule has 1 aliphatic heterocycles. The second kappa shape index (κ2) is 5.82. The van der Waals surface area contributed by atoms with Crippen LogP contribution in [0.1, 0.15) is 18.6 Å². The van der Waals surface area contributed by atoms with Gasteiger partial charge in [0.15, 0.2) is 0 Å². The van der Waals surface area contributed by atoms with E-state index in [0.29, 0.717) is 19.5 Å². The van der Waals surface area contributed by atoms with Gasteiger partial charge in [0.1, 0.15) is 11.9 Å². The Kier molecular flexibility index (Phi) is 4.14. The van der Waals surface area contributed by atoms with Crippen LogP contribution in [-0.2, 0) is 11.3 Å². The Morgan fingerprint density at radius 3 is 3.24 bits per heavy atom. The van der Waals surface area contributed by atoms with Crippen LogP contribution in [0.3, 0.4) is 0 Å². The van der Waals surface area contributed by atoms with E-state index in [1.54, 1.807) is 18.4 Å². The van der Waals surface area contributed by atoms with E-state index < -0.39 is 6.17 Å². The van der Waals surface area contributed by atoms with Crippen molar-refractivity contribution in [3.05, 3.63) is 24.2 Å². The normalized spacial score (nSPS) is 21.4. The number of furan rings is 1. The molecular weight excluding hydrogens is 223 g/mol. The molecule has 2 rings (SSSR count). The van der Waals surface area contributed by atoms with Crippen LogP contribution < -0.4 is 5.32 Å². The second-order valence-electron chi connectivity index (χ2n) is 4.33. The summed E-state index contributed by atoms with van der Waals surface area (Å²) in [6, 6.07) is 3.58. The average molecular weight is 240 g/mol. The van der Waals surface area contributed by atoms with Gasteiger partial charge in [-0.3, -0.25) is 9.69 Å². The predicted molar refractivity (Wildman–Crippen MR) is 61.1 cm³/mol. The molecule has 1 fully saturated rings. The largest absolute Gasteiger partial charge is 0.467 e. The lowest BCUT2D eigenvalue weighted by Crippen LogP contribution is -2.43. The monoisotopic (exact) mass is 240 g/mol. The topological polar surface area (TPSA) is 45.5 Å². The minimum absolute atomic E-state index is 0.0875. The number of alkyl halides is 1. The van der Waals surface area contributed by atoms with Crippen LogP contribution in [0, 0.1) is 0 Å². The molecule has 0 aliphatic carbocycles. The van der Waals surface area contributed by atoms with Gasteiger partial charge in [-0.2, -0.15) is 0 Å². The van der Waals surface area contributed by atoms with E-state index in [1.807, 2.05) is 4.90 Å². The third kappa shape index (κ3) is 3.85. The third-order valence-corrected chi connectivity index (χ3v) is 2.86. The van der Waals surface area contributed by atoms with E-state index in [0.717, 1.165) is 18.7 Å². The van der Waals surface area contributed by atoms with Crippen molar-refractivity contribution < 1.29 is 13.6 Å². The van der Waals surface area contributed by atoms with Gasteiger partial charge >= 0.3 is 0 Å². The van der Waals surface area contributed by atoms with Crippen molar-refractivity contribution in [3.63, 3.8) is 0 Å². The summed E-state index contributed by atoms with van der Waals surface area (Å²) in [6.07, 6.45) is 2.22. The summed E-state index contributed by atoms with van der Waals surface area (Å²) in [6.45, 7) is 1.82. The van der Waals surface area contributed by atoms with Gasteiger partial charge in [0.05, 0.1) is 19.4 Å². The standard InChI is InChI=1S/C12H17FN2O2/c13-10-3-1-5-15(8-10)9-12(16)14-7-11-4-2-6-17-11/h2,4,6,10H,1,3,5,7-9H2,(H,14,16). The molecule has 1 atom stereocenters. The number of nitrogens with one attached hydrogen (secondary N) is 1. The highest BCUT2D eigenvalue weighted by Gasteiger charge is 2.20. The minimum atomic E-state index is -0.790. The predicted octanol–water partition coefficient (Wildman–Crippen LogP) is 1.33. The van der Waals surface area contributed by atoms with Crippen LogP contribution in [0.25, 0.3) is 0 Å². The number of halogens is 1. The van der Waals surface area contributed by atoms with Crippen LogP contribution in [-0.4, -0.2) is 36.6 Å². The van der Waals surface area contributed by atoms with Crippen LogP contribution >= 0.6 is 0 Å². The highest BCUT2D eigenvalue weighted by atomic mass is 19.1. The van der Waals surface area contributed by atoms with E-state index in [-0.39, 0.29) is 12.5 Å². The van der Waals surface area contributed by atoms with Crippen LogP contribution in [0.5, 0.6) is 0 Å². The molecule has 1 unspecified atom stereocenters. The van der Waals surface area contributed by atoms with Crippen molar-refractivity contribution in [1.29, 1.82) is 0 Å². The fourth-order valence-corrected chi connectivity index (χ4v) is 2.00. The molecule has 1 N–H and O–H groups in total. The SMILES string of the molecule is O=C(CN1CCCC(F)C1)NCc1ccco1. The number of carbonyl (C=O) groups is 1. The van der Waals surface area contributed by atoms with Crippen molar-refractivity contribution in [2.45, 2.75) is 25.6 Å². The number of amides is 1. The number of piperidine rings is 1. The first-order valence-corrected chi connectivity index (χ1v) is 5.89. The molecule has 17 heavy (non-hydrogen) atoms. The van der Waals surface area contributed by atoms with Crippen LogP contribution in [0.4, 0.5) is 4.39 Å². The quantitative estimate of drug-likeness (QED) is 0.863. The number of rotatable bonds is 4. The van der Waals surface area contributed by atoms with E-state index in [2.05, 4.69) is 5.32 Å². The minimum Gasteiger partial charge on any atom is -0.467 e. The summed E-state index contributed by atoms with van der Waals surface area (Å²) in [5, 5.41) is 2.75. The summed E-state index contributed by atoms with van der Waals surface area (Å²) >= 11 is 0. The average Bonchev–Trinajstić information content (AvgIpc) is 2.79. The molecule has 0 saturated carbocycles. The van der Waals surface area contributed by atoms with Crippen molar-refractivity contribution in [2.24, 2.45) is 0 Å². The van der Waals surface area contributed by atoms with Crippen LogP contribution in [0.15, 0.2) is 22.8 Å². The van der Waals surface area contributed by atoms with Crippen molar-refractivity contribution in [2.75, 3.05) is 19.6 Å². The zero-order chi connectivity index (χ0) is 12.1. The van der Waals surface area contributed by atoms with Gasteiger partial charge in [-0.15, -0.1) is 0 Å². The molecule has 1 saturated heterocycles. The number of hydrogen-bond donors (Lipinski definition) is 1. The Morgan fingerprint density at radius 1 is 1.65 bits per heavy atom. The molecule has 0 bridgehead atoms. The highest BCUT2D eigenvalue weighted by Crippen LogP contribution is 2.12. The molecule has 1 aromatic heterocycles. The van der Waals surface area contributed by atoms with Gasteiger partial charge in [-0.1, -0.05) is 0 Å². The lowest BCUT2D eigenvalue weighted by molar-refractivity contribution is -0.122. The number of carbonyl (C=O) groups excluding carboxylic acids is 1. The molecule has 94 valence electrons. The number of likely N-dealkylation sites (tertiary alicyclic amines) is 1. The molecule has 4 nitrogen and oxygen atoms in total.